The van der Waals surface area contributed by atoms with Crippen molar-refractivity contribution in [1.29, 1.82) is 0 Å². The van der Waals surface area contributed by atoms with E-state index in [1.54, 1.807) is 12.1 Å². The minimum absolute atomic E-state index is 0.125. The summed E-state index contributed by atoms with van der Waals surface area (Å²) < 4.78 is 31.6. The average Bonchev–Trinajstić information content (AvgIpc) is 3.15. The van der Waals surface area contributed by atoms with Crippen molar-refractivity contribution >= 4 is 43.6 Å². The van der Waals surface area contributed by atoms with Gasteiger partial charge in [0.25, 0.3) is 5.91 Å². The highest BCUT2D eigenvalue weighted by atomic mass is 32.2. The maximum atomic E-state index is 12.0. The molecule has 4 N–H and O–H groups in total. The molecule has 2 aromatic heterocycles. The van der Waals surface area contributed by atoms with Crippen LogP contribution < -0.4 is 10.5 Å². The monoisotopic (exact) mass is 320 g/mol. The van der Waals surface area contributed by atoms with Gasteiger partial charge in [0, 0.05) is 17.6 Å². The van der Waals surface area contributed by atoms with E-state index in [1.807, 2.05) is 0 Å². The molecule has 3 aromatic rings. The molecule has 0 saturated heterocycles. The number of nitrogens with two attached hydrogens (primary N) is 1. The lowest BCUT2D eigenvalue weighted by Crippen LogP contribution is -2.17. The number of nitrogens with zero attached hydrogens (tertiary/aromatic N) is 1. The second-order valence-electron chi connectivity index (χ2n) is 5.34. The van der Waals surface area contributed by atoms with Gasteiger partial charge in [0.2, 0.25) is 10.0 Å². The quantitative estimate of drug-likeness (QED) is 0.667. The second kappa shape index (κ2) is 4.23. The van der Waals surface area contributed by atoms with Crippen molar-refractivity contribution in [2.45, 2.75) is 18.1 Å². The van der Waals surface area contributed by atoms with Crippen molar-refractivity contribution < 1.29 is 17.7 Å². The zero-order chi connectivity index (χ0) is 15.5. The lowest BCUT2D eigenvalue weighted by molar-refractivity contribution is 0.100. The minimum atomic E-state index is -3.44. The van der Waals surface area contributed by atoms with Gasteiger partial charge in [0.15, 0.2) is 11.4 Å². The number of H-pyrrole nitrogens is 1. The summed E-state index contributed by atoms with van der Waals surface area (Å²) in [6.07, 6.45) is 2.81. The number of hydrogen-bond donors (Lipinski definition) is 3. The number of aromatic nitrogens is 2. The van der Waals surface area contributed by atoms with Crippen LogP contribution in [0.25, 0.3) is 21.9 Å². The lowest BCUT2D eigenvalue weighted by atomic mass is 10.1. The Morgan fingerprint density at radius 3 is 2.82 bits per heavy atom. The second-order valence-corrected chi connectivity index (χ2v) is 7.30. The molecule has 114 valence electrons. The van der Waals surface area contributed by atoms with Gasteiger partial charge in [0.05, 0.1) is 21.7 Å². The summed E-state index contributed by atoms with van der Waals surface area (Å²) in [4.78, 5) is 14.3. The fourth-order valence-corrected chi connectivity index (χ4v) is 3.77. The zero-order valence-corrected chi connectivity index (χ0v) is 12.1. The summed E-state index contributed by atoms with van der Waals surface area (Å²) >= 11 is 0. The van der Waals surface area contributed by atoms with Crippen molar-refractivity contribution in [2.24, 2.45) is 5.73 Å². The summed E-state index contributed by atoms with van der Waals surface area (Å²) in [5.41, 5.74) is 6.73. The molecule has 2 heterocycles. The molecule has 1 fully saturated rings. The molecule has 1 amide bonds. The van der Waals surface area contributed by atoms with Crippen LogP contribution in [-0.4, -0.2) is 29.7 Å². The normalized spacial score (nSPS) is 15.5. The number of amides is 1. The maximum Gasteiger partial charge on any atom is 0.250 e. The number of anilines is 1. The molecule has 0 spiro atoms. The van der Waals surface area contributed by atoms with E-state index < -0.39 is 15.9 Å². The van der Waals surface area contributed by atoms with E-state index in [9.17, 15) is 13.2 Å². The molecule has 0 atom stereocenters. The number of carbonyl (C=O) groups is 1. The van der Waals surface area contributed by atoms with Crippen LogP contribution in [0.15, 0.2) is 22.9 Å². The van der Waals surface area contributed by atoms with Gasteiger partial charge in [-0.2, -0.15) is 0 Å². The predicted octanol–water partition coefficient (Wildman–Crippen LogP) is 1.31. The van der Waals surface area contributed by atoms with Crippen LogP contribution in [-0.2, 0) is 10.0 Å². The van der Waals surface area contributed by atoms with Crippen LogP contribution in [0.1, 0.15) is 23.2 Å². The van der Waals surface area contributed by atoms with Gasteiger partial charge in [-0.05, 0) is 18.9 Å². The number of sulfonamides is 1. The Morgan fingerprint density at radius 2 is 2.14 bits per heavy atom. The molecule has 22 heavy (non-hydrogen) atoms. The number of primary amides is 1. The highest BCUT2D eigenvalue weighted by Crippen LogP contribution is 2.33. The number of rotatable bonds is 4. The molecule has 0 bridgehead atoms. The van der Waals surface area contributed by atoms with Crippen LogP contribution in [0.2, 0.25) is 0 Å². The Bertz CT molecular complexity index is 1010. The van der Waals surface area contributed by atoms with Crippen molar-refractivity contribution in [2.75, 3.05) is 4.72 Å². The summed E-state index contributed by atoms with van der Waals surface area (Å²) in [6.45, 7) is 0. The summed E-state index contributed by atoms with van der Waals surface area (Å²) in [5.74, 6) is -0.442. The molecule has 1 saturated carbocycles. The number of carbonyl (C=O) groups excluding carboxylic acids is 1. The van der Waals surface area contributed by atoms with Crippen molar-refractivity contribution in [3.63, 3.8) is 0 Å². The van der Waals surface area contributed by atoms with Crippen LogP contribution in [0.3, 0.4) is 0 Å². The third-order valence-electron chi connectivity index (χ3n) is 3.74. The highest BCUT2D eigenvalue weighted by Gasteiger charge is 2.36. The minimum Gasteiger partial charge on any atom is -0.366 e. The largest absolute Gasteiger partial charge is 0.366 e. The summed E-state index contributed by atoms with van der Waals surface area (Å²) in [5, 5.41) is 4.49. The first-order valence-electron chi connectivity index (χ1n) is 6.67. The first kappa shape index (κ1) is 13.1. The average molecular weight is 320 g/mol. The third-order valence-corrected chi connectivity index (χ3v) is 5.57. The molecular formula is C13H12N4O4S. The van der Waals surface area contributed by atoms with Gasteiger partial charge >= 0.3 is 0 Å². The van der Waals surface area contributed by atoms with Crippen molar-refractivity contribution in [3.8, 4) is 0 Å². The number of nitrogens with one attached hydrogen (secondary N) is 2. The van der Waals surface area contributed by atoms with E-state index in [0.29, 0.717) is 40.3 Å². The zero-order valence-electron chi connectivity index (χ0n) is 11.3. The van der Waals surface area contributed by atoms with Gasteiger partial charge in [0.1, 0.15) is 0 Å². The lowest BCUT2D eigenvalue weighted by Gasteiger charge is -2.03. The molecule has 4 rings (SSSR count). The van der Waals surface area contributed by atoms with Crippen LogP contribution in [0.5, 0.6) is 0 Å². The predicted molar refractivity (Wildman–Crippen MR) is 79.9 cm³/mol. The van der Waals surface area contributed by atoms with Gasteiger partial charge in [-0.3, -0.25) is 9.52 Å². The Kier molecular flexibility index (Phi) is 2.52. The molecule has 0 aliphatic heterocycles. The molecule has 1 aliphatic rings. The molecule has 8 nitrogen and oxygen atoms in total. The fourth-order valence-electron chi connectivity index (χ4n) is 2.43. The fraction of sp³-hybridized carbons (Fsp3) is 0.231. The molecule has 1 aliphatic carbocycles. The number of aromatic amines is 1. The smallest absolute Gasteiger partial charge is 0.250 e. The molecule has 0 radical (unpaired) electrons. The first-order chi connectivity index (χ1) is 10.5. The SMILES string of the molecule is NC(=O)c1c[nH]c2cc3onc(NS(=O)(=O)C4CC4)c3cc12. The van der Waals surface area contributed by atoms with E-state index in [2.05, 4.69) is 14.9 Å². The van der Waals surface area contributed by atoms with Gasteiger partial charge < -0.3 is 15.2 Å². The van der Waals surface area contributed by atoms with E-state index >= 15 is 0 Å². The van der Waals surface area contributed by atoms with Gasteiger partial charge in [-0.1, -0.05) is 5.16 Å². The Labute approximate surface area is 124 Å². The van der Waals surface area contributed by atoms with E-state index in [0.717, 1.165) is 0 Å². The Morgan fingerprint density at radius 1 is 1.36 bits per heavy atom. The summed E-state index contributed by atoms with van der Waals surface area (Å²) in [7, 11) is -3.44. The Hall–Kier alpha value is -2.55. The summed E-state index contributed by atoms with van der Waals surface area (Å²) in [6, 6.07) is 3.29. The molecule has 1 aromatic carbocycles. The number of fused-ring (bicyclic) bond motifs is 2. The van der Waals surface area contributed by atoms with Gasteiger partial charge in [-0.15, -0.1) is 0 Å². The first-order valence-corrected chi connectivity index (χ1v) is 8.22. The number of benzene rings is 1. The topological polar surface area (TPSA) is 131 Å². The van der Waals surface area contributed by atoms with E-state index in [-0.39, 0.29) is 11.1 Å². The van der Waals surface area contributed by atoms with E-state index in [4.69, 9.17) is 10.3 Å². The van der Waals surface area contributed by atoms with Crippen molar-refractivity contribution in [3.05, 3.63) is 23.9 Å². The van der Waals surface area contributed by atoms with Gasteiger partial charge in [-0.25, -0.2) is 8.42 Å². The number of hydrogen-bond acceptors (Lipinski definition) is 5. The highest BCUT2D eigenvalue weighted by molar-refractivity contribution is 7.93. The van der Waals surface area contributed by atoms with Crippen molar-refractivity contribution in [1.82, 2.24) is 10.1 Å². The van der Waals surface area contributed by atoms with Crippen LogP contribution in [0, 0.1) is 0 Å². The van der Waals surface area contributed by atoms with E-state index in [1.165, 1.54) is 6.20 Å². The molecule has 0 unspecified atom stereocenters. The maximum absolute atomic E-state index is 12.0. The molecular weight excluding hydrogens is 308 g/mol. The van der Waals surface area contributed by atoms with Crippen LogP contribution >= 0.6 is 0 Å². The standard InChI is InChI=1S/C13H12N4O4S/c14-12(18)9-5-15-10-4-11-8(3-7(9)10)13(16-21-11)17-22(19,20)6-1-2-6/h3-6,15H,1-2H2,(H2,14,18)(H,16,17). The third kappa shape index (κ3) is 1.93. The molecule has 9 heteroatoms. The van der Waals surface area contributed by atoms with Crippen LogP contribution in [0.4, 0.5) is 5.82 Å². The Balaban J connectivity index is 1.87.